The van der Waals surface area contributed by atoms with E-state index in [0.29, 0.717) is 17.6 Å². The van der Waals surface area contributed by atoms with Gasteiger partial charge in [0.1, 0.15) is 22.5 Å². The summed E-state index contributed by atoms with van der Waals surface area (Å²) in [5.41, 5.74) is -0.155. The predicted octanol–water partition coefficient (Wildman–Crippen LogP) is 3.13. The van der Waals surface area contributed by atoms with Crippen molar-refractivity contribution < 1.29 is 27.9 Å². The normalized spacial score (nSPS) is 11.0. The van der Waals surface area contributed by atoms with Gasteiger partial charge in [-0.2, -0.15) is 0 Å². The van der Waals surface area contributed by atoms with E-state index < -0.39 is 17.5 Å². The SMILES string of the molecule is COCCNC(=O)c1cc2ccc(OC(=O)c3cc4ccccc4o3)cc2oc1=O. The van der Waals surface area contributed by atoms with Gasteiger partial charge in [-0.3, -0.25) is 4.79 Å². The maximum absolute atomic E-state index is 12.4. The fourth-order valence-corrected chi connectivity index (χ4v) is 2.91. The van der Waals surface area contributed by atoms with Gasteiger partial charge in [0.2, 0.25) is 5.76 Å². The number of para-hydroxylation sites is 1. The lowest BCUT2D eigenvalue weighted by molar-refractivity contribution is 0.0704. The third-order valence-electron chi connectivity index (χ3n) is 4.38. The Morgan fingerprint density at radius 2 is 1.77 bits per heavy atom. The maximum atomic E-state index is 12.4. The largest absolute Gasteiger partial charge is 0.449 e. The molecule has 8 heteroatoms. The van der Waals surface area contributed by atoms with E-state index in [1.807, 2.05) is 12.1 Å². The van der Waals surface area contributed by atoms with Gasteiger partial charge in [-0.15, -0.1) is 0 Å². The highest BCUT2D eigenvalue weighted by atomic mass is 16.5. The van der Waals surface area contributed by atoms with Crippen molar-refractivity contribution in [3.63, 3.8) is 0 Å². The van der Waals surface area contributed by atoms with Gasteiger partial charge < -0.3 is 23.6 Å². The Morgan fingerprint density at radius 1 is 0.967 bits per heavy atom. The first-order valence-electron chi connectivity index (χ1n) is 9.11. The molecule has 2 heterocycles. The molecule has 0 aliphatic heterocycles. The molecule has 0 aliphatic carbocycles. The molecule has 152 valence electrons. The second kappa shape index (κ2) is 8.22. The van der Waals surface area contributed by atoms with E-state index in [-0.39, 0.29) is 29.2 Å². The standard InChI is InChI=1S/C22H17NO7/c1-27-9-8-23-20(24)16-10-14-6-7-15(12-18(14)30-21(16)25)28-22(26)19-11-13-4-2-3-5-17(13)29-19/h2-7,10-12H,8-9H2,1H3,(H,23,24). The number of carbonyl (C=O) groups is 2. The number of rotatable bonds is 6. The summed E-state index contributed by atoms with van der Waals surface area (Å²) in [6.07, 6.45) is 0. The fraction of sp³-hybridized carbons (Fsp3) is 0.136. The molecule has 4 rings (SSSR count). The number of methoxy groups -OCH3 is 1. The molecule has 0 fully saturated rings. The molecule has 0 bridgehead atoms. The molecule has 0 aliphatic rings. The molecule has 0 unspecified atom stereocenters. The minimum Gasteiger partial charge on any atom is -0.449 e. The number of carbonyl (C=O) groups excluding carboxylic acids is 2. The summed E-state index contributed by atoms with van der Waals surface area (Å²) in [5, 5.41) is 3.86. The van der Waals surface area contributed by atoms with Crippen LogP contribution in [0.4, 0.5) is 0 Å². The monoisotopic (exact) mass is 407 g/mol. The Hall–Kier alpha value is -3.91. The molecule has 0 spiro atoms. The van der Waals surface area contributed by atoms with Crippen LogP contribution < -0.4 is 15.7 Å². The lowest BCUT2D eigenvalue weighted by Crippen LogP contribution is -2.30. The van der Waals surface area contributed by atoms with Crippen LogP contribution in [0.2, 0.25) is 0 Å². The molecule has 4 aromatic rings. The lowest BCUT2D eigenvalue weighted by atomic mass is 10.1. The smallest absolute Gasteiger partial charge is 0.379 e. The van der Waals surface area contributed by atoms with Crippen LogP contribution >= 0.6 is 0 Å². The molecule has 2 aromatic carbocycles. The van der Waals surface area contributed by atoms with Gasteiger partial charge in [-0.05, 0) is 30.3 Å². The van der Waals surface area contributed by atoms with E-state index in [1.165, 1.54) is 25.3 Å². The Bertz CT molecular complexity index is 1270. The molecule has 30 heavy (non-hydrogen) atoms. The zero-order chi connectivity index (χ0) is 21.1. The summed E-state index contributed by atoms with van der Waals surface area (Å²) in [6, 6.07) is 14.8. The van der Waals surface area contributed by atoms with Crippen molar-refractivity contribution in [3.05, 3.63) is 76.3 Å². The van der Waals surface area contributed by atoms with Gasteiger partial charge in [0.25, 0.3) is 5.91 Å². The van der Waals surface area contributed by atoms with Crippen molar-refractivity contribution in [1.82, 2.24) is 5.32 Å². The van der Waals surface area contributed by atoms with E-state index in [4.69, 9.17) is 18.3 Å². The highest BCUT2D eigenvalue weighted by molar-refractivity contribution is 5.97. The molecule has 0 saturated heterocycles. The molecule has 1 amide bonds. The zero-order valence-electron chi connectivity index (χ0n) is 16.0. The van der Waals surface area contributed by atoms with Crippen LogP contribution in [0.3, 0.4) is 0 Å². The number of benzene rings is 2. The molecule has 8 nitrogen and oxygen atoms in total. The molecule has 0 radical (unpaired) electrons. The van der Waals surface area contributed by atoms with Crippen LogP contribution in [0.15, 0.2) is 68.2 Å². The number of fused-ring (bicyclic) bond motifs is 2. The van der Waals surface area contributed by atoms with Crippen molar-refractivity contribution in [3.8, 4) is 5.75 Å². The van der Waals surface area contributed by atoms with Gasteiger partial charge in [-0.25, -0.2) is 9.59 Å². The van der Waals surface area contributed by atoms with Crippen molar-refractivity contribution in [1.29, 1.82) is 0 Å². The summed E-state index contributed by atoms with van der Waals surface area (Å²) in [5.74, 6) is -1.00. The average Bonchev–Trinajstić information content (AvgIpc) is 3.18. The first kappa shape index (κ1) is 19.4. The van der Waals surface area contributed by atoms with Crippen molar-refractivity contribution in [2.45, 2.75) is 0 Å². The number of esters is 1. The number of nitrogens with one attached hydrogen (secondary N) is 1. The molecule has 2 aromatic heterocycles. The summed E-state index contributed by atoms with van der Waals surface area (Å²) in [6.45, 7) is 0.591. The first-order chi connectivity index (χ1) is 14.5. The van der Waals surface area contributed by atoms with E-state index in [2.05, 4.69) is 5.32 Å². The van der Waals surface area contributed by atoms with Gasteiger partial charge in [0.15, 0.2) is 0 Å². The quantitative estimate of drug-likeness (QED) is 0.226. The Kier molecular flexibility index (Phi) is 5.32. The summed E-state index contributed by atoms with van der Waals surface area (Å²) >= 11 is 0. The van der Waals surface area contributed by atoms with Gasteiger partial charge >= 0.3 is 11.6 Å². The first-order valence-corrected chi connectivity index (χ1v) is 9.11. The van der Waals surface area contributed by atoms with Crippen LogP contribution in [-0.4, -0.2) is 32.1 Å². The fourth-order valence-electron chi connectivity index (χ4n) is 2.91. The number of hydrogen-bond donors (Lipinski definition) is 1. The average molecular weight is 407 g/mol. The topological polar surface area (TPSA) is 108 Å². The summed E-state index contributed by atoms with van der Waals surface area (Å²) in [4.78, 5) is 36.7. The van der Waals surface area contributed by atoms with E-state index >= 15 is 0 Å². The van der Waals surface area contributed by atoms with Gasteiger partial charge in [0, 0.05) is 30.5 Å². The number of furan rings is 1. The van der Waals surface area contributed by atoms with Gasteiger partial charge in [-0.1, -0.05) is 18.2 Å². The number of amides is 1. The summed E-state index contributed by atoms with van der Waals surface area (Å²) in [7, 11) is 1.51. The predicted molar refractivity (Wildman–Crippen MR) is 108 cm³/mol. The van der Waals surface area contributed by atoms with E-state index in [0.717, 1.165) is 5.39 Å². The van der Waals surface area contributed by atoms with Crippen LogP contribution in [0.5, 0.6) is 5.75 Å². The Labute approximate surface area is 170 Å². The van der Waals surface area contributed by atoms with E-state index in [9.17, 15) is 14.4 Å². The minimum atomic E-state index is -0.793. The molecule has 1 N–H and O–H groups in total. The third kappa shape index (κ3) is 3.94. The Balaban J connectivity index is 1.55. The number of ether oxygens (including phenoxy) is 2. The van der Waals surface area contributed by atoms with Crippen LogP contribution in [0.25, 0.3) is 21.9 Å². The lowest BCUT2D eigenvalue weighted by Gasteiger charge is -2.06. The second-order valence-electron chi connectivity index (χ2n) is 6.43. The molecular weight excluding hydrogens is 390 g/mol. The van der Waals surface area contributed by atoms with Gasteiger partial charge in [0.05, 0.1) is 6.61 Å². The highest BCUT2D eigenvalue weighted by Crippen LogP contribution is 2.23. The van der Waals surface area contributed by atoms with Crippen LogP contribution in [0.1, 0.15) is 20.9 Å². The van der Waals surface area contributed by atoms with Crippen LogP contribution in [-0.2, 0) is 4.74 Å². The second-order valence-corrected chi connectivity index (χ2v) is 6.43. The Morgan fingerprint density at radius 3 is 2.57 bits per heavy atom. The van der Waals surface area contributed by atoms with Crippen LogP contribution in [0, 0.1) is 0 Å². The van der Waals surface area contributed by atoms with Crippen molar-refractivity contribution >= 4 is 33.8 Å². The zero-order valence-corrected chi connectivity index (χ0v) is 16.0. The molecule has 0 saturated carbocycles. The highest BCUT2D eigenvalue weighted by Gasteiger charge is 2.17. The minimum absolute atomic E-state index is 0.0563. The number of hydrogen-bond acceptors (Lipinski definition) is 7. The third-order valence-corrected chi connectivity index (χ3v) is 4.38. The van der Waals surface area contributed by atoms with Crippen molar-refractivity contribution in [2.24, 2.45) is 0 Å². The summed E-state index contributed by atoms with van der Waals surface area (Å²) < 4.78 is 20.9. The van der Waals surface area contributed by atoms with E-state index in [1.54, 1.807) is 24.3 Å². The molecular formula is C22H17NO7. The molecule has 0 atom stereocenters. The van der Waals surface area contributed by atoms with Crippen molar-refractivity contribution in [2.75, 3.05) is 20.3 Å². The maximum Gasteiger partial charge on any atom is 0.379 e.